The van der Waals surface area contributed by atoms with Crippen molar-refractivity contribution in [3.63, 3.8) is 0 Å². The Kier molecular flexibility index (Phi) is 5.92. The minimum absolute atomic E-state index is 0.0314. The summed E-state index contributed by atoms with van der Waals surface area (Å²) in [5.74, 6) is -0.386. The van der Waals surface area contributed by atoms with E-state index in [9.17, 15) is 14.7 Å². The number of furan rings is 1. The molecule has 32 heavy (non-hydrogen) atoms. The summed E-state index contributed by atoms with van der Waals surface area (Å²) in [6.45, 7) is 0.0496. The van der Waals surface area contributed by atoms with E-state index >= 15 is 0 Å². The van der Waals surface area contributed by atoms with Gasteiger partial charge in [-0.15, -0.1) is 0 Å². The molecular formula is C24H20ClNO6. The van der Waals surface area contributed by atoms with Gasteiger partial charge in [-0.25, -0.2) is 0 Å². The molecule has 1 aliphatic heterocycles. The molecule has 0 spiro atoms. The Morgan fingerprint density at radius 2 is 1.78 bits per heavy atom. The number of rotatable bonds is 6. The second kappa shape index (κ2) is 8.80. The van der Waals surface area contributed by atoms with Gasteiger partial charge in [-0.1, -0.05) is 17.7 Å². The third kappa shape index (κ3) is 3.83. The van der Waals surface area contributed by atoms with Gasteiger partial charge >= 0.3 is 0 Å². The van der Waals surface area contributed by atoms with E-state index in [-0.39, 0.29) is 17.9 Å². The number of hydrogen-bond donors (Lipinski definition) is 1. The number of carbonyl (C=O) groups is 2. The Labute approximate surface area is 189 Å². The van der Waals surface area contributed by atoms with Crippen molar-refractivity contribution in [2.24, 2.45) is 0 Å². The second-order valence-corrected chi connectivity index (χ2v) is 7.56. The van der Waals surface area contributed by atoms with Crippen LogP contribution in [-0.2, 0) is 16.1 Å². The highest BCUT2D eigenvalue weighted by Gasteiger charge is 2.46. The lowest BCUT2D eigenvalue weighted by molar-refractivity contribution is -0.140. The van der Waals surface area contributed by atoms with Gasteiger partial charge in [-0.2, -0.15) is 0 Å². The van der Waals surface area contributed by atoms with Gasteiger partial charge < -0.3 is 23.9 Å². The molecule has 1 aromatic heterocycles. The van der Waals surface area contributed by atoms with E-state index in [0.29, 0.717) is 33.4 Å². The summed E-state index contributed by atoms with van der Waals surface area (Å²) in [6, 6.07) is 14.0. The van der Waals surface area contributed by atoms with E-state index in [1.807, 2.05) is 0 Å². The van der Waals surface area contributed by atoms with E-state index in [1.54, 1.807) is 54.6 Å². The Bertz CT molecular complexity index is 1180. The van der Waals surface area contributed by atoms with Crippen molar-refractivity contribution in [1.29, 1.82) is 0 Å². The number of ketones is 1. The number of halogens is 1. The molecule has 4 rings (SSSR count). The lowest BCUT2D eigenvalue weighted by Crippen LogP contribution is -2.29. The SMILES string of the molecule is COc1ccc(C2C(=C(O)c3ccc(Cl)cc3)C(=O)C(=O)N2Cc2ccco2)cc1OC. The number of amides is 1. The lowest BCUT2D eigenvalue weighted by Gasteiger charge is -2.25. The molecule has 1 aliphatic rings. The fourth-order valence-electron chi connectivity index (χ4n) is 3.75. The van der Waals surface area contributed by atoms with E-state index < -0.39 is 17.7 Å². The highest BCUT2D eigenvalue weighted by molar-refractivity contribution is 6.46. The number of carbonyl (C=O) groups excluding carboxylic acids is 2. The van der Waals surface area contributed by atoms with E-state index in [2.05, 4.69) is 0 Å². The second-order valence-electron chi connectivity index (χ2n) is 7.13. The molecule has 2 aromatic carbocycles. The lowest BCUT2D eigenvalue weighted by atomic mass is 9.95. The summed E-state index contributed by atoms with van der Waals surface area (Å²) in [4.78, 5) is 27.4. The number of aliphatic hydroxyl groups is 1. The van der Waals surface area contributed by atoms with Gasteiger partial charge in [0.05, 0.1) is 38.6 Å². The minimum atomic E-state index is -0.865. The molecule has 0 bridgehead atoms. The van der Waals surface area contributed by atoms with Crippen LogP contribution < -0.4 is 9.47 Å². The largest absolute Gasteiger partial charge is 0.507 e. The van der Waals surface area contributed by atoms with E-state index in [4.69, 9.17) is 25.5 Å². The first kappa shape index (κ1) is 21.5. The average Bonchev–Trinajstić information content (AvgIpc) is 3.41. The summed E-state index contributed by atoms with van der Waals surface area (Å²) in [5, 5.41) is 11.5. The maximum Gasteiger partial charge on any atom is 0.296 e. The van der Waals surface area contributed by atoms with Gasteiger partial charge in [0.2, 0.25) is 0 Å². The third-order valence-corrected chi connectivity index (χ3v) is 5.54. The molecule has 1 N–H and O–H groups in total. The molecule has 8 heteroatoms. The first-order chi connectivity index (χ1) is 15.4. The summed E-state index contributed by atoms with van der Waals surface area (Å²) in [5.41, 5.74) is 0.913. The molecule has 2 heterocycles. The van der Waals surface area contributed by atoms with Gasteiger partial charge in [0.25, 0.3) is 11.7 Å². The van der Waals surface area contributed by atoms with Gasteiger partial charge in [-0.3, -0.25) is 9.59 Å². The molecule has 0 saturated carbocycles. The maximum absolute atomic E-state index is 13.1. The standard InChI is InChI=1S/C24H20ClNO6/c1-30-18-10-7-15(12-19(18)31-2)21-20(22(27)14-5-8-16(25)9-6-14)23(28)24(29)26(21)13-17-4-3-11-32-17/h3-12,21,27H,13H2,1-2H3. The average molecular weight is 454 g/mol. The fraction of sp³-hybridized carbons (Fsp3) is 0.167. The van der Waals surface area contributed by atoms with Crippen molar-refractivity contribution in [3.8, 4) is 11.5 Å². The molecule has 1 unspecified atom stereocenters. The molecular weight excluding hydrogens is 434 g/mol. The van der Waals surface area contributed by atoms with Crippen molar-refractivity contribution >= 4 is 29.1 Å². The zero-order chi connectivity index (χ0) is 22.8. The monoisotopic (exact) mass is 453 g/mol. The van der Waals surface area contributed by atoms with Gasteiger partial charge in [0.15, 0.2) is 11.5 Å². The molecule has 3 aromatic rings. The van der Waals surface area contributed by atoms with Crippen LogP contribution in [0, 0.1) is 0 Å². The van der Waals surface area contributed by atoms with E-state index in [1.165, 1.54) is 25.4 Å². The Balaban J connectivity index is 1.89. The molecule has 164 valence electrons. The number of aliphatic hydroxyl groups excluding tert-OH is 1. The van der Waals surface area contributed by atoms with Gasteiger partial charge in [-0.05, 0) is 54.1 Å². The number of ether oxygens (including phenoxy) is 2. The van der Waals surface area contributed by atoms with Crippen LogP contribution in [0.2, 0.25) is 5.02 Å². The van der Waals surface area contributed by atoms with Crippen molar-refractivity contribution in [3.05, 3.63) is 88.3 Å². The Morgan fingerprint density at radius 3 is 2.41 bits per heavy atom. The number of hydrogen-bond acceptors (Lipinski definition) is 6. The van der Waals surface area contributed by atoms with Crippen molar-refractivity contribution < 1.29 is 28.6 Å². The number of nitrogens with zero attached hydrogens (tertiary/aromatic N) is 1. The third-order valence-electron chi connectivity index (χ3n) is 5.29. The highest BCUT2D eigenvalue weighted by Crippen LogP contribution is 2.42. The molecule has 1 amide bonds. The topological polar surface area (TPSA) is 89.2 Å². The van der Waals surface area contributed by atoms with Gasteiger partial charge in [0.1, 0.15) is 11.5 Å². The Hall–Kier alpha value is -3.71. The van der Waals surface area contributed by atoms with E-state index in [0.717, 1.165) is 0 Å². The number of benzene rings is 2. The summed E-state index contributed by atoms with van der Waals surface area (Å²) < 4.78 is 16.1. The van der Waals surface area contributed by atoms with Crippen molar-refractivity contribution in [2.45, 2.75) is 12.6 Å². The highest BCUT2D eigenvalue weighted by atomic mass is 35.5. The quantitative estimate of drug-likeness (QED) is 0.334. The molecule has 0 radical (unpaired) electrons. The van der Waals surface area contributed by atoms with Crippen LogP contribution >= 0.6 is 11.6 Å². The molecule has 1 fully saturated rings. The van der Waals surface area contributed by atoms with Crippen LogP contribution in [0.5, 0.6) is 11.5 Å². The first-order valence-electron chi connectivity index (χ1n) is 9.73. The number of Topliss-reactive ketones (excluding diaryl/α,β-unsaturated/α-hetero) is 1. The van der Waals surface area contributed by atoms with Crippen LogP contribution in [0.3, 0.4) is 0 Å². The summed E-state index contributed by atoms with van der Waals surface area (Å²) in [7, 11) is 3.01. The Morgan fingerprint density at radius 1 is 1.06 bits per heavy atom. The predicted octanol–water partition coefficient (Wildman–Crippen LogP) is 4.57. The smallest absolute Gasteiger partial charge is 0.296 e. The molecule has 1 saturated heterocycles. The van der Waals surface area contributed by atoms with Crippen LogP contribution in [-0.4, -0.2) is 35.9 Å². The predicted molar refractivity (Wildman–Crippen MR) is 118 cm³/mol. The van der Waals surface area contributed by atoms with Gasteiger partial charge in [0, 0.05) is 10.6 Å². The minimum Gasteiger partial charge on any atom is -0.507 e. The van der Waals surface area contributed by atoms with Crippen LogP contribution in [0.15, 0.2) is 70.9 Å². The number of methoxy groups -OCH3 is 2. The van der Waals surface area contributed by atoms with Crippen LogP contribution in [0.4, 0.5) is 0 Å². The number of likely N-dealkylation sites (tertiary alicyclic amines) is 1. The zero-order valence-corrected chi connectivity index (χ0v) is 18.1. The molecule has 7 nitrogen and oxygen atoms in total. The zero-order valence-electron chi connectivity index (χ0n) is 17.4. The van der Waals surface area contributed by atoms with Crippen LogP contribution in [0.25, 0.3) is 5.76 Å². The van der Waals surface area contributed by atoms with Crippen molar-refractivity contribution in [1.82, 2.24) is 4.90 Å². The summed E-state index contributed by atoms with van der Waals surface area (Å²) >= 11 is 5.95. The first-order valence-corrected chi connectivity index (χ1v) is 10.1. The van der Waals surface area contributed by atoms with Crippen LogP contribution in [0.1, 0.15) is 22.9 Å². The maximum atomic E-state index is 13.1. The van der Waals surface area contributed by atoms with Crippen molar-refractivity contribution in [2.75, 3.05) is 14.2 Å². The normalized spacial score (nSPS) is 17.6. The molecule has 0 aliphatic carbocycles. The fourth-order valence-corrected chi connectivity index (χ4v) is 3.87. The summed E-state index contributed by atoms with van der Waals surface area (Å²) in [6.07, 6.45) is 1.49. The molecule has 1 atom stereocenters.